The summed E-state index contributed by atoms with van der Waals surface area (Å²) in [5.41, 5.74) is 1.95. The lowest BCUT2D eigenvalue weighted by atomic mass is 10.2. The summed E-state index contributed by atoms with van der Waals surface area (Å²) in [5, 5.41) is 7.44. The van der Waals surface area contributed by atoms with Gasteiger partial charge in [0.2, 0.25) is 0 Å². The second-order valence-corrected chi connectivity index (χ2v) is 6.98. The number of rotatable bonds is 5. The summed E-state index contributed by atoms with van der Waals surface area (Å²) in [7, 11) is 0. The Morgan fingerprint density at radius 1 is 1.07 bits per heavy atom. The Bertz CT molecular complexity index is 1040. The number of amides is 1. The zero-order valence-corrected chi connectivity index (χ0v) is 16.8. The molecule has 0 saturated carbocycles. The molecular weight excluding hydrogens is 425 g/mol. The minimum absolute atomic E-state index is 0.217. The summed E-state index contributed by atoms with van der Waals surface area (Å²) >= 11 is 17.8. The molecule has 0 aliphatic rings. The first-order valence-corrected chi connectivity index (χ1v) is 9.21. The Hall–Kier alpha value is -2.54. The van der Waals surface area contributed by atoms with Crippen LogP contribution < -0.4 is 5.32 Å². The first-order valence-electron chi connectivity index (χ1n) is 8.08. The van der Waals surface area contributed by atoms with Gasteiger partial charge >= 0.3 is 5.97 Å². The van der Waals surface area contributed by atoms with E-state index in [1.807, 2.05) is 30.3 Å². The Kier molecular flexibility index (Phi) is 6.24. The highest BCUT2D eigenvalue weighted by atomic mass is 35.5. The van der Waals surface area contributed by atoms with Crippen LogP contribution in [0.4, 0.5) is 5.69 Å². The molecule has 1 amide bonds. The molecule has 144 valence electrons. The van der Waals surface area contributed by atoms with Crippen LogP contribution in [-0.4, -0.2) is 28.3 Å². The molecule has 0 bridgehead atoms. The number of carbonyl (C=O) groups excluding carboxylic acids is 2. The van der Waals surface area contributed by atoms with E-state index in [4.69, 9.17) is 39.5 Å². The minimum Gasteiger partial charge on any atom is -0.452 e. The highest BCUT2D eigenvalue weighted by Gasteiger charge is 2.18. The van der Waals surface area contributed by atoms with Crippen LogP contribution in [0.2, 0.25) is 15.1 Å². The summed E-state index contributed by atoms with van der Waals surface area (Å²) in [6.45, 7) is 1.25. The van der Waals surface area contributed by atoms with Gasteiger partial charge in [0.05, 0.1) is 38.3 Å². The topological polar surface area (TPSA) is 73.2 Å². The molecule has 6 nitrogen and oxygen atoms in total. The van der Waals surface area contributed by atoms with E-state index in [9.17, 15) is 9.59 Å². The van der Waals surface area contributed by atoms with Crippen molar-refractivity contribution in [3.8, 4) is 5.69 Å². The van der Waals surface area contributed by atoms with Gasteiger partial charge in [0.15, 0.2) is 6.61 Å². The van der Waals surface area contributed by atoms with Crippen LogP contribution in [-0.2, 0) is 9.53 Å². The molecule has 0 saturated heterocycles. The van der Waals surface area contributed by atoms with Crippen LogP contribution in [0.25, 0.3) is 5.69 Å². The van der Waals surface area contributed by atoms with E-state index in [1.54, 1.807) is 11.6 Å². The molecule has 0 aliphatic heterocycles. The lowest BCUT2D eigenvalue weighted by molar-refractivity contribution is -0.119. The third-order valence-corrected chi connectivity index (χ3v) is 4.88. The van der Waals surface area contributed by atoms with Crippen molar-refractivity contribution in [2.24, 2.45) is 0 Å². The number of hydrogen-bond donors (Lipinski definition) is 1. The van der Waals surface area contributed by atoms with E-state index in [2.05, 4.69) is 10.4 Å². The molecule has 0 unspecified atom stereocenters. The predicted molar refractivity (Wildman–Crippen MR) is 109 cm³/mol. The van der Waals surface area contributed by atoms with Crippen LogP contribution in [0.5, 0.6) is 0 Å². The average molecular weight is 439 g/mol. The van der Waals surface area contributed by atoms with Gasteiger partial charge in [-0.15, -0.1) is 0 Å². The minimum atomic E-state index is -0.657. The van der Waals surface area contributed by atoms with Crippen molar-refractivity contribution in [2.45, 2.75) is 6.92 Å². The Balaban J connectivity index is 1.64. The van der Waals surface area contributed by atoms with E-state index >= 15 is 0 Å². The van der Waals surface area contributed by atoms with Crippen LogP contribution in [0.3, 0.4) is 0 Å². The van der Waals surface area contributed by atoms with E-state index in [0.717, 1.165) is 5.69 Å². The molecule has 9 heteroatoms. The predicted octanol–water partition coefficient (Wildman–Crippen LogP) is 4.94. The molecule has 0 atom stereocenters. The molecule has 0 spiro atoms. The number of ether oxygens (including phenoxy) is 1. The third-order valence-electron chi connectivity index (χ3n) is 3.85. The second-order valence-electron chi connectivity index (χ2n) is 5.76. The van der Waals surface area contributed by atoms with Crippen molar-refractivity contribution in [1.82, 2.24) is 9.78 Å². The first-order chi connectivity index (χ1) is 13.4. The number of hydrogen-bond acceptors (Lipinski definition) is 4. The number of carbonyl (C=O) groups is 2. The van der Waals surface area contributed by atoms with Crippen molar-refractivity contribution < 1.29 is 14.3 Å². The summed E-state index contributed by atoms with van der Waals surface area (Å²) in [5.74, 6) is -1.23. The van der Waals surface area contributed by atoms with Gasteiger partial charge in [0, 0.05) is 0 Å². The van der Waals surface area contributed by atoms with Gasteiger partial charge in [0.1, 0.15) is 5.56 Å². The molecule has 3 aromatic rings. The number of nitrogens with zero attached hydrogens (tertiary/aromatic N) is 2. The maximum absolute atomic E-state index is 12.3. The maximum atomic E-state index is 12.3. The number of benzene rings is 2. The molecule has 28 heavy (non-hydrogen) atoms. The Labute approximate surface area is 176 Å². The fraction of sp³-hybridized carbons (Fsp3) is 0.105. The average Bonchev–Trinajstić information content (AvgIpc) is 3.06. The van der Waals surface area contributed by atoms with Crippen molar-refractivity contribution in [3.63, 3.8) is 0 Å². The summed E-state index contributed by atoms with van der Waals surface area (Å²) in [6, 6.07) is 12.2. The van der Waals surface area contributed by atoms with Crippen molar-refractivity contribution >= 4 is 52.4 Å². The summed E-state index contributed by atoms with van der Waals surface area (Å²) < 4.78 is 6.70. The zero-order valence-electron chi connectivity index (χ0n) is 14.6. The van der Waals surface area contributed by atoms with Gasteiger partial charge in [-0.3, -0.25) is 4.79 Å². The third kappa shape index (κ3) is 4.47. The summed E-state index contributed by atoms with van der Waals surface area (Å²) in [4.78, 5) is 24.4. The van der Waals surface area contributed by atoms with E-state index in [-0.39, 0.29) is 26.3 Å². The molecule has 1 N–H and O–H groups in total. The normalized spacial score (nSPS) is 10.6. The van der Waals surface area contributed by atoms with Crippen LogP contribution in [0.15, 0.2) is 48.7 Å². The Morgan fingerprint density at radius 3 is 2.46 bits per heavy atom. The number of aromatic nitrogens is 2. The number of nitrogens with one attached hydrogen (secondary N) is 1. The molecule has 2 aromatic carbocycles. The highest BCUT2D eigenvalue weighted by molar-refractivity contribution is 6.44. The summed E-state index contributed by atoms with van der Waals surface area (Å²) in [6.07, 6.45) is 1.40. The molecule has 3 rings (SSSR count). The molecule has 1 aromatic heterocycles. The number of anilines is 1. The molecule has 0 aliphatic carbocycles. The van der Waals surface area contributed by atoms with Crippen molar-refractivity contribution in [2.75, 3.05) is 11.9 Å². The van der Waals surface area contributed by atoms with Crippen molar-refractivity contribution in [1.29, 1.82) is 0 Å². The van der Waals surface area contributed by atoms with Gasteiger partial charge < -0.3 is 10.1 Å². The van der Waals surface area contributed by atoms with Gasteiger partial charge in [0.25, 0.3) is 5.91 Å². The van der Waals surface area contributed by atoms with Gasteiger partial charge in [-0.2, -0.15) is 5.10 Å². The van der Waals surface area contributed by atoms with E-state index in [1.165, 1.54) is 18.3 Å². The maximum Gasteiger partial charge on any atom is 0.342 e. The van der Waals surface area contributed by atoms with E-state index < -0.39 is 18.5 Å². The molecule has 0 radical (unpaired) electrons. The van der Waals surface area contributed by atoms with Gasteiger partial charge in [-0.25, -0.2) is 9.48 Å². The quantitative estimate of drug-likeness (QED) is 0.452. The lowest BCUT2D eigenvalue weighted by Gasteiger charge is -2.09. The monoisotopic (exact) mass is 437 g/mol. The molecule has 1 heterocycles. The van der Waals surface area contributed by atoms with Crippen LogP contribution in [0.1, 0.15) is 16.1 Å². The fourth-order valence-electron chi connectivity index (χ4n) is 2.45. The number of halogens is 3. The lowest BCUT2D eigenvalue weighted by Crippen LogP contribution is -2.21. The Morgan fingerprint density at radius 2 is 1.75 bits per heavy atom. The first kappa shape index (κ1) is 20.2. The van der Waals surface area contributed by atoms with Crippen molar-refractivity contribution in [3.05, 3.63) is 75.0 Å². The second kappa shape index (κ2) is 8.65. The highest BCUT2D eigenvalue weighted by Crippen LogP contribution is 2.32. The number of para-hydroxylation sites is 1. The smallest absolute Gasteiger partial charge is 0.342 e. The van der Waals surface area contributed by atoms with Crippen LogP contribution in [0, 0.1) is 6.92 Å². The fourth-order valence-corrected chi connectivity index (χ4v) is 3.05. The zero-order chi connectivity index (χ0) is 20.3. The standard InChI is InChI=1S/C19H14Cl3N3O3/c1-11-13(9-23-25(11)12-5-3-2-4-6-12)19(27)28-10-18(26)24-17-8-15(21)14(20)7-16(17)22/h2-9H,10H2,1H3,(H,24,26). The molecular formula is C19H14Cl3N3O3. The van der Waals surface area contributed by atoms with Gasteiger partial charge in [-0.05, 0) is 31.2 Å². The number of esters is 1. The molecule has 0 fully saturated rings. The van der Waals surface area contributed by atoms with Crippen LogP contribution >= 0.6 is 34.8 Å². The van der Waals surface area contributed by atoms with Gasteiger partial charge in [-0.1, -0.05) is 53.0 Å². The van der Waals surface area contributed by atoms with E-state index in [0.29, 0.717) is 5.69 Å². The largest absolute Gasteiger partial charge is 0.452 e. The SMILES string of the molecule is Cc1c(C(=O)OCC(=O)Nc2cc(Cl)c(Cl)cc2Cl)cnn1-c1ccccc1.